The average Bonchev–Trinajstić information content (AvgIpc) is 0.831. The maximum atomic E-state index is 2.65. The Kier molecular flexibility index (Phi) is 14.9. The van der Waals surface area contributed by atoms with Crippen molar-refractivity contribution in [2.24, 2.45) is 0 Å². The van der Waals surface area contributed by atoms with Crippen LogP contribution in [0.2, 0.25) is 0 Å². The number of anilines is 6. The van der Waals surface area contributed by atoms with Crippen LogP contribution in [0.3, 0.4) is 0 Å². The molecule has 2 aromatic heterocycles. The molecular weight excluding hydrogens is 1290 g/mol. The van der Waals surface area contributed by atoms with Crippen molar-refractivity contribution in [3.05, 3.63) is 306 Å². The molecule has 0 fully saturated rings. The van der Waals surface area contributed by atoms with E-state index in [0.717, 1.165) is 57.3 Å². The second-order valence-corrected chi connectivity index (χ2v) is 36.3. The van der Waals surface area contributed by atoms with Crippen molar-refractivity contribution in [1.82, 2.24) is 9.13 Å². The SMILES string of the molecule is CC(C)(C)c1ccc2c(c1)c1cc(C(C)(C)C)ccc1n2-c1ccc2c(c1)N(c1ccc(-c3ccc4c(c3)C(C)(C)CCC4(C)C)cc1)c1cc(-n3c4ccccc4c4cc(-c5ccccc5)ccc43)cc3c1B2c1cc(-c2ccccc2)ccc1N3c1ccc(-c2ccc3c(c2)C(C)(C)CCC3(C)C)cc1. The molecular formula is C102H95BN4. The van der Waals surface area contributed by atoms with E-state index in [1.54, 1.807) is 0 Å². The van der Waals surface area contributed by atoms with Gasteiger partial charge in [-0.2, -0.15) is 0 Å². The molecule has 526 valence electrons. The maximum absolute atomic E-state index is 2.65. The van der Waals surface area contributed by atoms with E-state index in [4.69, 9.17) is 0 Å². The van der Waals surface area contributed by atoms with Gasteiger partial charge < -0.3 is 18.9 Å². The minimum atomic E-state index is -0.178. The van der Waals surface area contributed by atoms with Gasteiger partial charge in [-0.05, 0) is 250 Å². The first-order chi connectivity index (χ1) is 51.3. The molecule has 0 saturated carbocycles. The molecule has 5 heteroatoms. The Bertz CT molecular complexity index is 6070. The number of hydrogen-bond donors (Lipinski definition) is 0. The molecule has 4 aliphatic rings. The van der Waals surface area contributed by atoms with Gasteiger partial charge in [-0.3, -0.25) is 0 Å². The van der Waals surface area contributed by atoms with Crippen LogP contribution in [0.25, 0.3) is 99.5 Å². The number of nitrogens with zero attached hydrogens (tertiary/aromatic N) is 4. The summed E-state index contributed by atoms with van der Waals surface area (Å²) in [5.74, 6) is 0. The third kappa shape index (κ3) is 10.7. The highest BCUT2D eigenvalue weighted by atomic mass is 15.2. The van der Waals surface area contributed by atoms with Gasteiger partial charge in [0.15, 0.2) is 0 Å². The Morgan fingerprint density at radius 2 is 0.636 bits per heavy atom. The van der Waals surface area contributed by atoms with Crippen molar-refractivity contribution >= 4 is 101 Å². The van der Waals surface area contributed by atoms with Crippen LogP contribution in [0.1, 0.15) is 156 Å². The monoisotopic (exact) mass is 1390 g/mol. The summed E-state index contributed by atoms with van der Waals surface area (Å²) in [4.78, 5) is 5.26. The molecule has 0 bridgehead atoms. The molecule has 0 radical (unpaired) electrons. The second kappa shape index (κ2) is 23.8. The minimum Gasteiger partial charge on any atom is -0.311 e. The number of hydrogen-bond acceptors (Lipinski definition) is 2. The molecule has 2 aliphatic carbocycles. The van der Waals surface area contributed by atoms with E-state index in [9.17, 15) is 0 Å². The van der Waals surface area contributed by atoms with Gasteiger partial charge in [-0.15, -0.1) is 0 Å². The molecule has 13 aromatic carbocycles. The van der Waals surface area contributed by atoms with Crippen LogP contribution >= 0.6 is 0 Å². The summed E-state index contributed by atoms with van der Waals surface area (Å²) in [5.41, 5.74) is 36.2. The lowest BCUT2D eigenvalue weighted by Crippen LogP contribution is -2.61. The third-order valence-electron chi connectivity index (χ3n) is 25.6. The van der Waals surface area contributed by atoms with E-state index in [1.165, 1.54) is 152 Å². The molecule has 0 unspecified atom stereocenters. The first-order valence-electron chi connectivity index (χ1n) is 39.1. The van der Waals surface area contributed by atoms with Gasteiger partial charge in [0.25, 0.3) is 6.71 Å². The summed E-state index contributed by atoms with van der Waals surface area (Å²) in [6, 6.07) is 106. The molecule has 2 aliphatic heterocycles. The Balaban J connectivity index is 0.895. The predicted octanol–water partition coefficient (Wildman–Crippen LogP) is 25.9. The highest BCUT2D eigenvalue weighted by molar-refractivity contribution is 7.00. The van der Waals surface area contributed by atoms with E-state index >= 15 is 0 Å². The van der Waals surface area contributed by atoms with Crippen molar-refractivity contribution < 1.29 is 0 Å². The zero-order valence-electron chi connectivity index (χ0n) is 64.7. The van der Waals surface area contributed by atoms with Crippen molar-refractivity contribution in [2.75, 3.05) is 9.80 Å². The standard InChI is InChI=1S/C102H95BN4/c1-97(2,3)72-37-49-90-80(59-72)81-60-73(98(4,5)6)38-50-91(81)106(90)76-43-46-86-93(61-76)105(75-41-31-67(32-42-75)70-34-45-83-85(57-70)102(13,14)54-52-100(83,9)10)95-63-77(107-88-28-22-21-27-78(88)79-55-68(35-47-89(79)107)64-23-17-15-18-24-64)62-94-96(95)103(86)87-58-71(65-25-19-16-20-26-65)36-48-92(87)104(94)74-39-29-66(30-40-74)69-33-44-82-84(56-69)101(11,12)53-51-99(82,7)8/h15-50,55-63H,51-54H2,1-14H3. The third-order valence-corrected chi connectivity index (χ3v) is 25.6. The zero-order valence-corrected chi connectivity index (χ0v) is 64.7. The summed E-state index contributed by atoms with van der Waals surface area (Å²) in [6.07, 6.45) is 4.70. The zero-order chi connectivity index (χ0) is 73.6. The van der Waals surface area contributed by atoms with E-state index < -0.39 is 0 Å². The van der Waals surface area contributed by atoms with Gasteiger partial charge in [0, 0.05) is 61.4 Å². The van der Waals surface area contributed by atoms with E-state index in [-0.39, 0.29) is 39.2 Å². The lowest BCUT2D eigenvalue weighted by molar-refractivity contribution is 0.332. The van der Waals surface area contributed by atoms with Gasteiger partial charge in [-0.1, -0.05) is 273 Å². The van der Waals surface area contributed by atoms with Crippen LogP contribution in [0.4, 0.5) is 34.1 Å². The molecule has 107 heavy (non-hydrogen) atoms. The second-order valence-electron chi connectivity index (χ2n) is 36.3. The molecule has 19 rings (SSSR count). The van der Waals surface area contributed by atoms with Crippen LogP contribution in [-0.2, 0) is 32.5 Å². The number of fused-ring (bicyclic) bond motifs is 12. The van der Waals surface area contributed by atoms with Gasteiger partial charge in [-0.25, -0.2) is 0 Å². The molecule has 0 spiro atoms. The van der Waals surface area contributed by atoms with E-state index in [1.807, 2.05) is 0 Å². The first-order valence-corrected chi connectivity index (χ1v) is 39.1. The van der Waals surface area contributed by atoms with Crippen LogP contribution < -0.4 is 26.2 Å². The molecule has 4 nitrogen and oxygen atoms in total. The molecule has 4 heterocycles. The average molecular weight is 1390 g/mol. The van der Waals surface area contributed by atoms with Gasteiger partial charge in [0.05, 0.1) is 27.8 Å². The Labute approximate surface area is 633 Å². The quantitative estimate of drug-likeness (QED) is 0.141. The predicted molar refractivity (Wildman–Crippen MR) is 459 cm³/mol. The highest BCUT2D eigenvalue weighted by Gasteiger charge is 2.46. The fourth-order valence-electron chi connectivity index (χ4n) is 19.0. The lowest BCUT2D eigenvalue weighted by Gasteiger charge is -2.44. The fraction of sp³-hybridized carbons (Fsp3) is 0.235. The summed E-state index contributed by atoms with van der Waals surface area (Å²) in [7, 11) is 0. The molecule has 0 atom stereocenters. The Morgan fingerprint density at radius 1 is 0.262 bits per heavy atom. The summed E-state index contributed by atoms with van der Waals surface area (Å²) in [5, 5.41) is 4.99. The van der Waals surface area contributed by atoms with Crippen LogP contribution in [0.5, 0.6) is 0 Å². The first kappa shape index (κ1) is 66.8. The molecule has 0 N–H and O–H groups in total. The number of rotatable bonds is 8. The number of benzene rings is 13. The Morgan fingerprint density at radius 3 is 1.15 bits per heavy atom. The Hall–Kier alpha value is -10.9. The van der Waals surface area contributed by atoms with Gasteiger partial charge >= 0.3 is 0 Å². The largest absolute Gasteiger partial charge is 0.311 e. The van der Waals surface area contributed by atoms with E-state index in [0.29, 0.717) is 0 Å². The molecule has 0 amide bonds. The van der Waals surface area contributed by atoms with Crippen LogP contribution in [0.15, 0.2) is 273 Å². The summed E-state index contributed by atoms with van der Waals surface area (Å²) in [6.45, 7) is 33.3. The smallest absolute Gasteiger partial charge is 0.252 e. The van der Waals surface area contributed by atoms with Crippen molar-refractivity contribution in [3.8, 4) is 55.9 Å². The van der Waals surface area contributed by atoms with E-state index in [2.05, 4.69) is 389 Å². The normalized spacial score (nSPS) is 16.0. The van der Waals surface area contributed by atoms with Crippen LogP contribution in [-0.4, -0.2) is 15.8 Å². The topological polar surface area (TPSA) is 16.3 Å². The maximum Gasteiger partial charge on any atom is 0.252 e. The van der Waals surface area contributed by atoms with Crippen molar-refractivity contribution in [3.63, 3.8) is 0 Å². The summed E-state index contributed by atoms with van der Waals surface area (Å²) < 4.78 is 5.12. The number of aromatic nitrogens is 2. The fourth-order valence-corrected chi connectivity index (χ4v) is 19.0. The van der Waals surface area contributed by atoms with Gasteiger partial charge in [0.2, 0.25) is 0 Å². The molecule has 0 saturated heterocycles. The lowest BCUT2D eigenvalue weighted by atomic mass is 9.33. The highest BCUT2D eigenvalue weighted by Crippen LogP contribution is 2.52. The van der Waals surface area contributed by atoms with Gasteiger partial charge in [0.1, 0.15) is 0 Å². The van der Waals surface area contributed by atoms with Crippen molar-refractivity contribution in [1.29, 1.82) is 0 Å². The number of para-hydroxylation sites is 1. The minimum absolute atomic E-state index is 0.0398. The van der Waals surface area contributed by atoms with Crippen LogP contribution in [0, 0.1) is 0 Å². The molecule has 15 aromatic rings. The summed E-state index contributed by atoms with van der Waals surface area (Å²) >= 11 is 0. The van der Waals surface area contributed by atoms with Crippen molar-refractivity contribution in [2.45, 2.75) is 155 Å².